The smallest absolute Gasteiger partial charge is 0.335 e. The average molecular weight is 258 g/mol. The molecule has 0 atom stereocenters. The van der Waals surface area contributed by atoms with E-state index in [0.29, 0.717) is 11.5 Å². The molecule has 0 bridgehead atoms. The van der Waals surface area contributed by atoms with E-state index in [4.69, 9.17) is 14.6 Å². The van der Waals surface area contributed by atoms with Crippen LogP contribution in [-0.2, 0) is 4.79 Å². The van der Waals surface area contributed by atoms with Gasteiger partial charge in [-0.15, -0.1) is 0 Å². The van der Waals surface area contributed by atoms with Crippen molar-refractivity contribution >= 4 is 16.7 Å². The molecular weight excluding hydrogens is 244 g/mol. The van der Waals surface area contributed by atoms with Gasteiger partial charge in [-0.05, 0) is 12.1 Å². The van der Waals surface area contributed by atoms with E-state index in [0.717, 1.165) is 16.8 Å². The summed E-state index contributed by atoms with van der Waals surface area (Å²) in [6, 6.07) is 10.8. The van der Waals surface area contributed by atoms with Crippen LogP contribution < -0.4 is 9.47 Å². The van der Waals surface area contributed by atoms with Crippen LogP contribution in [0.4, 0.5) is 0 Å². The predicted molar refractivity (Wildman–Crippen MR) is 72.4 cm³/mol. The standard InChI is InChI=1S/C15H14O4/c1-2-15(17)19-14-8-7-13(18-10-9-16)11-5-3-4-6-12(11)14/h2-8,16H,1,9-10H2. The second-order valence-electron chi connectivity index (χ2n) is 3.80. The van der Waals surface area contributed by atoms with Gasteiger partial charge in [0.05, 0.1) is 6.61 Å². The molecule has 0 spiro atoms. The Labute approximate surface area is 110 Å². The molecule has 0 aliphatic carbocycles. The Morgan fingerprint density at radius 3 is 2.42 bits per heavy atom. The number of carbonyl (C=O) groups excluding carboxylic acids is 1. The van der Waals surface area contributed by atoms with Gasteiger partial charge in [0, 0.05) is 16.8 Å². The Hall–Kier alpha value is -2.33. The van der Waals surface area contributed by atoms with E-state index in [9.17, 15) is 4.79 Å². The van der Waals surface area contributed by atoms with Gasteiger partial charge in [-0.25, -0.2) is 4.79 Å². The minimum Gasteiger partial charge on any atom is -0.491 e. The highest BCUT2D eigenvalue weighted by Crippen LogP contribution is 2.33. The van der Waals surface area contributed by atoms with Crippen LogP contribution in [0, 0.1) is 0 Å². The summed E-state index contributed by atoms with van der Waals surface area (Å²) in [5.74, 6) is 0.592. The molecule has 0 aliphatic heterocycles. The first kappa shape index (κ1) is 13.1. The lowest BCUT2D eigenvalue weighted by Gasteiger charge is -2.11. The molecule has 2 rings (SSSR count). The lowest BCUT2D eigenvalue weighted by Crippen LogP contribution is -2.05. The summed E-state index contributed by atoms with van der Waals surface area (Å²) < 4.78 is 10.6. The fourth-order valence-corrected chi connectivity index (χ4v) is 1.76. The maximum absolute atomic E-state index is 11.3. The molecule has 1 N–H and O–H groups in total. The number of carbonyl (C=O) groups is 1. The number of aliphatic hydroxyl groups is 1. The number of aliphatic hydroxyl groups excluding tert-OH is 1. The van der Waals surface area contributed by atoms with E-state index < -0.39 is 5.97 Å². The molecule has 0 unspecified atom stereocenters. The van der Waals surface area contributed by atoms with Crippen molar-refractivity contribution in [3.63, 3.8) is 0 Å². The Morgan fingerprint density at radius 1 is 1.16 bits per heavy atom. The van der Waals surface area contributed by atoms with Crippen LogP contribution in [0.25, 0.3) is 10.8 Å². The van der Waals surface area contributed by atoms with Crippen molar-refractivity contribution in [2.75, 3.05) is 13.2 Å². The minimum atomic E-state index is -0.505. The predicted octanol–water partition coefficient (Wildman–Crippen LogP) is 2.30. The Bertz CT molecular complexity index is 604. The van der Waals surface area contributed by atoms with E-state index in [-0.39, 0.29) is 13.2 Å². The summed E-state index contributed by atoms with van der Waals surface area (Å²) in [5.41, 5.74) is 0. The Balaban J connectivity index is 2.45. The van der Waals surface area contributed by atoms with Gasteiger partial charge in [-0.2, -0.15) is 0 Å². The fourth-order valence-electron chi connectivity index (χ4n) is 1.76. The monoisotopic (exact) mass is 258 g/mol. The van der Waals surface area contributed by atoms with Crippen molar-refractivity contribution in [1.82, 2.24) is 0 Å². The average Bonchev–Trinajstić information content (AvgIpc) is 2.46. The third-order valence-electron chi connectivity index (χ3n) is 2.57. The fraction of sp³-hybridized carbons (Fsp3) is 0.133. The lowest BCUT2D eigenvalue weighted by molar-refractivity contribution is -0.128. The molecule has 0 heterocycles. The molecule has 2 aromatic rings. The maximum Gasteiger partial charge on any atom is 0.335 e. The van der Waals surface area contributed by atoms with E-state index >= 15 is 0 Å². The van der Waals surface area contributed by atoms with Gasteiger partial charge in [0.1, 0.15) is 18.1 Å². The SMILES string of the molecule is C=CC(=O)Oc1ccc(OCCO)c2ccccc12. The highest BCUT2D eigenvalue weighted by Gasteiger charge is 2.09. The molecule has 2 aromatic carbocycles. The van der Waals surface area contributed by atoms with Gasteiger partial charge in [-0.1, -0.05) is 30.8 Å². The van der Waals surface area contributed by atoms with E-state index in [2.05, 4.69) is 6.58 Å². The van der Waals surface area contributed by atoms with Gasteiger partial charge in [0.2, 0.25) is 0 Å². The zero-order valence-corrected chi connectivity index (χ0v) is 10.3. The Morgan fingerprint density at radius 2 is 1.79 bits per heavy atom. The zero-order valence-electron chi connectivity index (χ0n) is 10.3. The topological polar surface area (TPSA) is 55.8 Å². The summed E-state index contributed by atoms with van der Waals surface area (Å²) in [6.45, 7) is 3.53. The number of benzene rings is 2. The normalized spacial score (nSPS) is 10.2. The van der Waals surface area contributed by atoms with Crippen LogP contribution in [-0.4, -0.2) is 24.3 Å². The molecule has 0 amide bonds. The molecule has 0 saturated heterocycles. The van der Waals surface area contributed by atoms with Crippen molar-refractivity contribution < 1.29 is 19.4 Å². The van der Waals surface area contributed by atoms with Crippen LogP contribution in [0.3, 0.4) is 0 Å². The number of fused-ring (bicyclic) bond motifs is 1. The molecule has 0 saturated carbocycles. The van der Waals surface area contributed by atoms with Crippen molar-refractivity contribution in [2.24, 2.45) is 0 Å². The second-order valence-corrected chi connectivity index (χ2v) is 3.80. The van der Waals surface area contributed by atoms with Crippen molar-refractivity contribution in [2.45, 2.75) is 0 Å². The summed E-state index contributed by atoms with van der Waals surface area (Å²) in [6.07, 6.45) is 1.12. The zero-order chi connectivity index (χ0) is 13.7. The van der Waals surface area contributed by atoms with Crippen molar-refractivity contribution in [3.8, 4) is 11.5 Å². The number of ether oxygens (including phenoxy) is 2. The quantitative estimate of drug-likeness (QED) is 0.508. The van der Waals surface area contributed by atoms with Gasteiger partial charge in [-0.3, -0.25) is 0 Å². The number of hydrogen-bond donors (Lipinski definition) is 1. The van der Waals surface area contributed by atoms with E-state index in [1.54, 1.807) is 12.1 Å². The highest BCUT2D eigenvalue weighted by molar-refractivity contribution is 5.95. The van der Waals surface area contributed by atoms with Crippen molar-refractivity contribution in [1.29, 1.82) is 0 Å². The van der Waals surface area contributed by atoms with Crippen LogP contribution in [0.15, 0.2) is 49.1 Å². The first-order valence-corrected chi connectivity index (χ1v) is 5.86. The largest absolute Gasteiger partial charge is 0.491 e. The van der Waals surface area contributed by atoms with E-state index in [1.807, 2.05) is 24.3 Å². The van der Waals surface area contributed by atoms with Gasteiger partial charge >= 0.3 is 5.97 Å². The highest BCUT2D eigenvalue weighted by atomic mass is 16.5. The van der Waals surface area contributed by atoms with Gasteiger partial charge in [0.25, 0.3) is 0 Å². The Kier molecular flexibility index (Phi) is 4.15. The third kappa shape index (κ3) is 2.92. The molecule has 0 aliphatic rings. The summed E-state index contributed by atoms with van der Waals surface area (Å²) in [7, 11) is 0. The number of hydrogen-bond acceptors (Lipinski definition) is 4. The summed E-state index contributed by atoms with van der Waals surface area (Å²) in [5, 5.41) is 10.4. The van der Waals surface area contributed by atoms with Crippen LogP contribution in [0.2, 0.25) is 0 Å². The van der Waals surface area contributed by atoms with Crippen LogP contribution >= 0.6 is 0 Å². The summed E-state index contributed by atoms with van der Waals surface area (Å²) >= 11 is 0. The molecule has 0 fully saturated rings. The van der Waals surface area contributed by atoms with Gasteiger partial charge in [0.15, 0.2) is 0 Å². The number of esters is 1. The first-order chi connectivity index (χ1) is 9.26. The van der Waals surface area contributed by atoms with Crippen LogP contribution in [0.5, 0.6) is 11.5 Å². The van der Waals surface area contributed by atoms with Gasteiger partial charge < -0.3 is 14.6 Å². The molecule has 0 radical (unpaired) electrons. The molecule has 19 heavy (non-hydrogen) atoms. The molecular formula is C15H14O4. The van der Waals surface area contributed by atoms with Crippen LogP contribution in [0.1, 0.15) is 0 Å². The number of rotatable bonds is 5. The molecule has 4 heteroatoms. The molecule has 4 nitrogen and oxygen atoms in total. The molecule has 0 aromatic heterocycles. The lowest BCUT2D eigenvalue weighted by atomic mass is 10.1. The van der Waals surface area contributed by atoms with E-state index in [1.165, 1.54) is 0 Å². The minimum absolute atomic E-state index is 0.0540. The second kappa shape index (κ2) is 6.02. The third-order valence-corrected chi connectivity index (χ3v) is 2.57. The summed E-state index contributed by atoms with van der Waals surface area (Å²) in [4.78, 5) is 11.3. The molecule has 98 valence electrons. The maximum atomic E-state index is 11.3. The first-order valence-electron chi connectivity index (χ1n) is 5.86. The van der Waals surface area contributed by atoms with Crippen molar-refractivity contribution in [3.05, 3.63) is 49.1 Å².